The molecule has 0 heterocycles. The van der Waals surface area contributed by atoms with Crippen molar-refractivity contribution in [3.63, 3.8) is 0 Å². The van der Waals surface area contributed by atoms with Gasteiger partial charge in [-0.05, 0) is 13.0 Å². The van der Waals surface area contributed by atoms with Crippen LogP contribution in [-0.2, 0) is 6.54 Å². The summed E-state index contributed by atoms with van der Waals surface area (Å²) >= 11 is 0. The molecule has 1 N–H and O–H groups in total. The van der Waals surface area contributed by atoms with E-state index in [-0.39, 0.29) is 0 Å². The zero-order chi connectivity index (χ0) is 11.8. The van der Waals surface area contributed by atoms with Gasteiger partial charge in [-0.15, -0.1) is 6.58 Å². The molecule has 88 valence electrons. The lowest BCUT2D eigenvalue weighted by Crippen LogP contribution is -2.13. The second kappa shape index (κ2) is 6.90. The fourth-order valence-corrected chi connectivity index (χ4v) is 1.51. The van der Waals surface area contributed by atoms with Crippen LogP contribution in [0.5, 0.6) is 11.5 Å². The molecule has 0 saturated carbocycles. The molecule has 0 aliphatic carbocycles. The molecule has 3 nitrogen and oxygen atoms in total. The minimum absolute atomic E-state index is 0.639. The fourth-order valence-electron chi connectivity index (χ4n) is 1.51. The standard InChI is InChI=1S/C13H19NO2/c1-4-9-14-10-11-7-6-8-12(16-5-2)13(11)15-3/h4,6-8,14H,1,5,9-10H2,2-3H3. The average Bonchev–Trinajstić information content (AvgIpc) is 2.30. The van der Waals surface area contributed by atoms with Crippen LogP contribution in [0.15, 0.2) is 30.9 Å². The van der Waals surface area contributed by atoms with Gasteiger partial charge in [-0.3, -0.25) is 0 Å². The SMILES string of the molecule is C=CCNCc1cccc(OCC)c1OC. The average molecular weight is 221 g/mol. The second-order valence-electron chi connectivity index (χ2n) is 3.30. The van der Waals surface area contributed by atoms with E-state index in [2.05, 4.69) is 11.9 Å². The monoisotopic (exact) mass is 221 g/mol. The van der Waals surface area contributed by atoms with Crippen molar-refractivity contribution in [1.82, 2.24) is 5.32 Å². The van der Waals surface area contributed by atoms with Crippen molar-refractivity contribution in [3.05, 3.63) is 36.4 Å². The van der Waals surface area contributed by atoms with Crippen LogP contribution < -0.4 is 14.8 Å². The van der Waals surface area contributed by atoms with Crippen molar-refractivity contribution in [2.75, 3.05) is 20.3 Å². The minimum atomic E-state index is 0.639. The fraction of sp³-hybridized carbons (Fsp3) is 0.385. The molecule has 0 spiro atoms. The van der Waals surface area contributed by atoms with Crippen LogP contribution in [0.2, 0.25) is 0 Å². The number of ether oxygens (including phenoxy) is 2. The molecule has 1 aromatic carbocycles. The molecule has 0 amide bonds. The van der Waals surface area contributed by atoms with Crippen LogP contribution in [-0.4, -0.2) is 20.3 Å². The zero-order valence-corrected chi connectivity index (χ0v) is 9.95. The van der Waals surface area contributed by atoms with E-state index in [1.54, 1.807) is 7.11 Å². The van der Waals surface area contributed by atoms with E-state index >= 15 is 0 Å². The zero-order valence-electron chi connectivity index (χ0n) is 9.95. The number of benzene rings is 1. The highest BCUT2D eigenvalue weighted by molar-refractivity contribution is 5.46. The Morgan fingerprint density at radius 1 is 1.44 bits per heavy atom. The lowest BCUT2D eigenvalue weighted by Gasteiger charge is -2.13. The van der Waals surface area contributed by atoms with E-state index in [1.165, 1.54) is 0 Å². The third-order valence-corrected chi connectivity index (χ3v) is 2.17. The molecule has 0 saturated heterocycles. The van der Waals surface area contributed by atoms with Gasteiger partial charge in [-0.25, -0.2) is 0 Å². The first-order valence-corrected chi connectivity index (χ1v) is 5.43. The van der Waals surface area contributed by atoms with Crippen LogP contribution in [0.4, 0.5) is 0 Å². The predicted molar refractivity (Wildman–Crippen MR) is 66.1 cm³/mol. The van der Waals surface area contributed by atoms with Gasteiger partial charge >= 0.3 is 0 Å². The first-order valence-electron chi connectivity index (χ1n) is 5.43. The summed E-state index contributed by atoms with van der Waals surface area (Å²) in [6.45, 7) is 7.79. The van der Waals surface area contributed by atoms with Gasteiger partial charge in [0.1, 0.15) is 0 Å². The summed E-state index contributed by atoms with van der Waals surface area (Å²) in [5.41, 5.74) is 1.09. The first-order chi connectivity index (χ1) is 7.83. The second-order valence-corrected chi connectivity index (χ2v) is 3.30. The molecule has 0 unspecified atom stereocenters. The molecule has 0 bridgehead atoms. The summed E-state index contributed by atoms with van der Waals surface area (Å²) in [4.78, 5) is 0. The van der Waals surface area contributed by atoms with Crippen molar-refractivity contribution in [2.24, 2.45) is 0 Å². The summed E-state index contributed by atoms with van der Waals surface area (Å²) < 4.78 is 10.9. The highest BCUT2D eigenvalue weighted by Crippen LogP contribution is 2.30. The number of hydrogen-bond donors (Lipinski definition) is 1. The van der Waals surface area contributed by atoms with Crippen molar-refractivity contribution in [1.29, 1.82) is 0 Å². The largest absolute Gasteiger partial charge is 0.493 e. The van der Waals surface area contributed by atoms with Gasteiger partial charge in [0.15, 0.2) is 11.5 Å². The smallest absolute Gasteiger partial charge is 0.165 e. The number of para-hydroxylation sites is 1. The maximum absolute atomic E-state index is 5.50. The molecular weight excluding hydrogens is 202 g/mol. The Morgan fingerprint density at radius 3 is 2.88 bits per heavy atom. The van der Waals surface area contributed by atoms with E-state index in [9.17, 15) is 0 Å². The van der Waals surface area contributed by atoms with Crippen molar-refractivity contribution < 1.29 is 9.47 Å². The molecule has 16 heavy (non-hydrogen) atoms. The summed E-state index contributed by atoms with van der Waals surface area (Å²) in [7, 11) is 1.66. The maximum Gasteiger partial charge on any atom is 0.165 e. The third-order valence-electron chi connectivity index (χ3n) is 2.17. The van der Waals surface area contributed by atoms with Crippen molar-refractivity contribution in [3.8, 4) is 11.5 Å². The van der Waals surface area contributed by atoms with Crippen LogP contribution in [0.1, 0.15) is 12.5 Å². The number of methoxy groups -OCH3 is 1. The number of hydrogen-bond acceptors (Lipinski definition) is 3. The molecule has 3 heteroatoms. The van der Waals surface area contributed by atoms with E-state index < -0.39 is 0 Å². The molecule has 1 aromatic rings. The highest BCUT2D eigenvalue weighted by atomic mass is 16.5. The maximum atomic E-state index is 5.50. The molecule has 1 rings (SSSR count). The molecule has 0 aromatic heterocycles. The number of rotatable bonds is 7. The summed E-state index contributed by atoms with van der Waals surface area (Å²) in [5, 5.41) is 3.24. The molecule has 0 aliphatic heterocycles. The summed E-state index contributed by atoms with van der Waals surface area (Å²) in [6, 6.07) is 5.91. The lowest BCUT2D eigenvalue weighted by molar-refractivity contribution is 0.309. The molecule has 0 aliphatic rings. The van der Waals surface area contributed by atoms with Gasteiger partial charge in [0, 0.05) is 18.7 Å². The first kappa shape index (κ1) is 12.6. The minimum Gasteiger partial charge on any atom is -0.493 e. The van der Waals surface area contributed by atoms with Crippen LogP contribution in [0, 0.1) is 0 Å². The quantitative estimate of drug-likeness (QED) is 0.566. The lowest BCUT2D eigenvalue weighted by atomic mass is 10.2. The Labute approximate surface area is 97.1 Å². The molecular formula is C13H19NO2. The van der Waals surface area contributed by atoms with Gasteiger partial charge in [0.25, 0.3) is 0 Å². The van der Waals surface area contributed by atoms with E-state index in [0.29, 0.717) is 6.61 Å². The van der Waals surface area contributed by atoms with Crippen LogP contribution in [0.3, 0.4) is 0 Å². The van der Waals surface area contributed by atoms with Gasteiger partial charge in [0.05, 0.1) is 13.7 Å². The summed E-state index contributed by atoms with van der Waals surface area (Å²) in [5.74, 6) is 1.60. The Morgan fingerprint density at radius 2 is 2.25 bits per heavy atom. The number of nitrogens with one attached hydrogen (secondary N) is 1. The normalized spacial score (nSPS) is 9.88. The summed E-state index contributed by atoms with van der Waals surface area (Å²) in [6.07, 6.45) is 1.83. The molecule has 0 atom stereocenters. The van der Waals surface area contributed by atoms with E-state index in [4.69, 9.17) is 9.47 Å². The molecule has 0 fully saturated rings. The topological polar surface area (TPSA) is 30.5 Å². The van der Waals surface area contributed by atoms with Crippen LogP contribution >= 0.6 is 0 Å². The van der Waals surface area contributed by atoms with E-state index in [0.717, 1.165) is 30.2 Å². The van der Waals surface area contributed by atoms with Gasteiger partial charge in [-0.2, -0.15) is 0 Å². The Bertz CT molecular complexity index is 337. The van der Waals surface area contributed by atoms with Gasteiger partial charge < -0.3 is 14.8 Å². The molecule has 0 radical (unpaired) electrons. The van der Waals surface area contributed by atoms with Crippen LogP contribution in [0.25, 0.3) is 0 Å². The van der Waals surface area contributed by atoms with Crippen molar-refractivity contribution >= 4 is 0 Å². The predicted octanol–water partition coefficient (Wildman–Crippen LogP) is 2.37. The van der Waals surface area contributed by atoms with Gasteiger partial charge in [-0.1, -0.05) is 18.2 Å². The Hall–Kier alpha value is -1.48. The Balaban J connectivity index is 2.81. The Kier molecular flexibility index (Phi) is 5.43. The third kappa shape index (κ3) is 3.28. The highest BCUT2D eigenvalue weighted by Gasteiger charge is 2.08. The van der Waals surface area contributed by atoms with Crippen molar-refractivity contribution in [2.45, 2.75) is 13.5 Å². The van der Waals surface area contributed by atoms with E-state index in [1.807, 2.05) is 31.2 Å². The van der Waals surface area contributed by atoms with Gasteiger partial charge in [0.2, 0.25) is 0 Å².